The predicted molar refractivity (Wildman–Crippen MR) is 167 cm³/mol. The van der Waals surface area contributed by atoms with Gasteiger partial charge in [-0.2, -0.15) is 5.26 Å². The largest absolute Gasteiger partial charge is 0.212 e. The molecule has 40 heavy (non-hydrogen) atoms. The molecule has 0 saturated heterocycles. The second kappa shape index (κ2) is 10.4. The third-order valence-corrected chi connectivity index (χ3v) is 8.30. The van der Waals surface area contributed by atoms with E-state index in [4.69, 9.17) is 0 Å². The zero-order chi connectivity index (χ0) is 27.8. The fourth-order valence-corrected chi connectivity index (χ4v) is 6.45. The van der Waals surface area contributed by atoms with Gasteiger partial charge in [0.15, 0.2) is 6.20 Å². The molecule has 1 heterocycles. The third-order valence-electron chi connectivity index (χ3n) is 8.30. The van der Waals surface area contributed by atoms with E-state index in [1.54, 1.807) is 0 Å². The van der Waals surface area contributed by atoms with Crippen molar-refractivity contribution >= 4 is 21.5 Å². The van der Waals surface area contributed by atoms with Gasteiger partial charge in [-0.3, -0.25) is 0 Å². The maximum atomic E-state index is 10.4. The van der Waals surface area contributed by atoms with Crippen LogP contribution < -0.4 is 4.57 Å². The van der Waals surface area contributed by atoms with E-state index in [9.17, 15) is 5.26 Å². The minimum atomic E-state index is 0.723. The van der Waals surface area contributed by atoms with Crippen molar-refractivity contribution < 1.29 is 4.57 Å². The number of pyridine rings is 1. The Morgan fingerprint density at radius 1 is 0.650 bits per heavy atom. The zero-order valence-electron chi connectivity index (χ0n) is 23.6. The Balaban J connectivity index is 1.70. The van der Waals surface area contributed by atoms with Crippen LogP contribution in [0.15, 0.2) is 103 Å². The van der Waals surface area contributed by atoms with E-state index in [-0.39, 0.29) is 0 Å². The number of hydrogen-bond acceptors (Lipinski definition) is 1. The Morgan fingerprint density at radius 3 is 1.98 bits per heavy atom. The summed E-state index contributed by atoms with van der Waals surface area (Å²) in [6, 6.07) is 37.1. The lowest BCUT2D eigenvalue weighted by atomic mass is 9.81. The molecule has 6 aromatic rings. The van der Waals surface area contributed by atoms with Crippen LogP contribution in [-0.4, -0.2) is 0 Å². The lowest BCUT2D eigenvalue weighted by Crippen LogP contribution is -2.30. The number of aryl methyl sites for hydroxylation is 2. The van der Waals surface area contributed by atoms with Crippen LogP contribution in [0, 0.1) is 18.3 Å². The van der Waals surface area contributed by atoms with Crippen LogP contribution in [0.2, 0.25) is 0 Å². The smallest absolute Gasteiger partial charge is 0.201 e. The molecule has 2 heteroatoms. The molecule has 2 nitrogen and oxygen atoms in total. The first kappa shape index (κ1) is 25.5. The molecule has 194 valence electrons. The normalized spacial score (nSPS) is 11.2. The van der Waals surface area contributed by atoms with E-state index in [2.05, 4.69) is 136 Å². The fourth-order valence-electron chi connectivity index (χ4n) is 6.45. The number of hydrogen-bond donors (Lipinski definition) is 0. The molecule has 0 bridgehead atoms. The minimum absolute atomic E-state index is 0.723. The average molecular weight is 518 g/mol. The van der Waals surface area contributed by atoms with Crippen molar-refractivity contribution in [3.8, 4) is 39.6 Å². The molecule has 6 rings (SSSR count). The topological polar surface area (TPSA) is 27.7 Å². The SMILES string of the molecule is CCc1c(-c2ccc(C#N)c(-c3cc4ccccc4c4ccccc34)c2CC)ccc(C)c1-c1cccc[n+]1C. The van der Waals surface area contributed by atoms with Crippen LogP contribution in [0.1, 0.15) is 36.1 Å². The number of rotatable bonds is 5. The van der Waals surface area contributed by atoms with Crippen LogP contribution in [0.25, 0.3) is 55.1 Å². The Hall–Kier alpha value is -4.74. The molecule has 0 unspecified atom stereocenters. The van der Waals surface area contributed by atoms with Gasteiger partial charge in [0, 0.05) is 17.7 Å². The van der Waals surface area contributed by atoms with Gasteiger partial charge >= 0.3 is 0 Å². The molecular formula is C38H33N2+. The number of benzene rings is 5. The van der Waals surface area contributed by atoms with Gasteiger partial charge < -0.3 is 0 Å². The highest BCUT2D eigenvalue weighted by atomic mass is 14.9. The molecule has 0 aliphatic heterocycles. The lowest BCUT2D eigenvalue weighted by molar-refractivity contribution is -0.660. The van der Waals surface area contributed by atoms with E-state index in [0.717, 1.165) is 29.5 Å². The Morgan fingerprint density at radius 2 is 1.27 bits per heavy atom. The van der Waals surface area contributed by atoms with E-state index in [0.29, 0.717) is 0 Å². The van der Waals surface area contributed by atoms with Crippen LogP contribution in [0.3, 0.4) is 0 Å². The molecule has 0 aliphatic carbocycles. The van der Waals surface area contributed by atoms with E-state index >= 15 is 0 Å². The van der Waals surface area contributed by atoms with Crippen molar-refractivity contribution in [1.82, 2.24) is 0 Å². The fraction of sp³-hybridized carbons (Fsp3) is 0.158. The first-order valence-electron chi connectivity index (χ1n) is 14.1. The number of nitriles is 1. The molecule has 0 saturated carbocycles. The molecule has 0 spiro atoms. The molecular weight excluding hydrogens is 484 g/mol. The Kier molecular flexibility index (Phi) is 6.66. The standard InChI is InChI=1S/C38H33N2/c1-5-28-33(20-18-25(3)37(28)36-17-11-12-22-40(36)4)34-21-19-27(24-39)38(29(34)6-2)35-23-26-13-7-8-14-30(26)31-15-9-10-16-32(31)35/h7-23H,5-6H2,1-4H3/q+1. The lowest BCUT2D eigenvalue weighted by Gasteiger charge is -2.21. The number of aromatic nitrogens is 1. The van der Waals surface area contributed by atoms with Crippen molar-refractivity contribution in [3.63, 3.8) is 0 Å². The molecule has 0 atom stereocenters. The Labute approximate surface area is 236 Å². The summed E-state index contributed by atoms with van der Waals surface area (Å²) in [7, 11) is 2.11. The highest BCUT2D eigenvalue weighted by Gasteiger charge is 2.23. The summed E-state index contributed by atoms with van der Waals surface area (Å²) < 4.78 is 2.21. The van der Waals surface area contributed by atoms with Gasteiger partial charge in [-0.15, -0.1) is 0 Å². The molecule has 0 N–H and O–H groups in total. The van der Waals surface area contributed by atoms with Crippen molar-refractivity contribution in [2.75, 3.05) is 0 Å². The van der Waals surface area contributed by atoms with Gasteiger partial charge in [-0.25, -0.2) is 4.57 Å². The second-order valence-corrected chi connectivity index (χ2v) is 10.5. The van der Waals surface area contributed by atoms with Crippen molar-refractivity contribution in [1.29, 1.82) is 5.26 Å². The Bertz CT molecular complexity index is 1960. The van der Waals surface area contributed by atoms with Crippen LogP contribution >= 0.6 is 0 Å². The molecule has 5 aromatic carbocycles. The molecule has 1 aromatic heterocycles. The highest BCUT2D eigenvalue weighted by Crippen LogP contribution is 2.43. The van der Waals surface area contributed by atoms with Crippen LogP contribution in [0.5, 0.6) is 0 Å². The van der Waals surface area contributed by atoms with Crippen molar-refractivity contribution in [2.24, 2.45) is 7.05 Å². The van der Waals surface area contributed by atoms with Crippen molar-refractivity contribution in [2.45, 2.75) is 33.6 Å². The third kappa shape index (κ3) is 4.07. The van der Waals surface area contributed by atoms with Crippen molar-refractivity contribution in [3.05, 3.63) is 126 Å². The average Bonchev–Trinajstić information content (AvgIpc) is 3.00. The molecule has 0 radical (unpaired) electrons. The maximum absolute atomic E-state index is 10.4. The van der Waals surface area contributed by atoms with E-state index in [1.165, 1.54) is 60.6 Å². The minimum Gasteiger partial charge on any atom is -0.201 e. The maximum Gasteiger partial charge on any atom is 0.212 e. The molecule has 0 amide bonds. The number of fused-ring (bicyclic) bond motifs is 3. The molecule has 0 fully saturated rings. The van der Waals surface area contributed by atoms with E-state index < -0.39 is 0 Å². The summed E-state index contributed by atoms with van der Waals surface area (Å²) in [6.07, 6.45) is 3.86. The highest BCUT2D eigenvalue weighted by molar-refractivity contribution is 6.14. The van der Waals surface area contributed by atoms with Crippen LogP contribution in [-0.2, 0) is 19.9 Å². The van der Waals surface area contributed by atoms with Gasteiger partial charge in [-0.1, -0.05) is 80.6 Å². The first-order chi connectivity index (χ1) is 19.6. The van der Waals surface area contributed by atoms with Gasteiger partial charge in [-0.05, 0) is 92.9 Å². The van der Waals surface area contributed by atoms with E-state index in [1.807, 2.05) is 6.07 Å². The van der Waals surface area contributed by atoms with Gasteiger partial charge in [0.25, 0.3) is 0 Å². The summed E-state index contributed by atoms with van der Waals surface area (Å²) in [6.45, 7) is 6.67. The summed E-state index contributed by atoms with van der Waals surface area (Å²) in [5.41, 5.74) is 11.7. The molecule has 0 aliphatic rings. The summed E-state index contributed by atoms with van der Waals surface area (Å²) in [5, 5.41) is 15.2. The zero-order valence-corrected chi connectivity index (χ0v) is 23.6. The second-order valence-electron chi connectivity index (χ2n) is 10.5. The van der Waals surface area contributed by atoms with Gasteiger partial charge in [0.1, 0.15) is 7.05 Å². The monoisotopic (exact) mass is 517 g/mol. The van der Waals surface area contributed by atoms with Crippen LogP contribution in [0.4, 0.5) is 0 Å². The summed E-state index contributed by atoms with van der Waals surface area (Å²) in [5.74, 6) is 0. The predicted octanol–water partition coefficient (Wildman–Crippen LogP) is 9.12. The first-order valence-corrected chi connectivity index (χ1v) is 14.1. The quantitative estimate of drug-likeness (QED) is 0.165. The van der Waals surface area contributed by atoms with Gasteiger partial charge in [0.05, 0.1) is 17.2 Å². The summed E-state index contributed by atoms with van der Waals surface area (Å²) in [4.78, 5) is 0. The summed E-state index contributed by atoms with van der Waals surface area (Å²) >= 11 is 0. The number of nitrogens with zero attached hydrogens (tertiary/aromatic N) is 2. The van der Waals surface area contributed by atoms with Gasteiger partial charge in [0.2, 0.25) is 5.69 Å².